The third-order valence-corrected chi connectivity index (χ3v) is 2.49. The second-order valence-electron chi connectivity index (χ2n) is 4.20. The van der Waals surface area contributed by atoms with E-state index < -0.39 is 0 Å². The first kappa shape index (κ1) is 13.1. The number of nitrogens with two attached hydrogens (primary N) is 1. The van der Waals surface area contributed by atoms with Gasteiger partial charge in [-0.05, 0) is 26.3 Å². The van der Waals surface area contributed by atoms with Gasteiger partial charge in [-0.15, -0.1) is 0 Å². The molecule has 0 saturated heterocycles. The zero-order valence-corrected chi connectivity index (χ0v) is 10.1. The Balaban J connectivity index is 2.96. The van der Waals surface area contributed by atoms with Gasteiger partial charge in [-0.1, -0.05) is 25.1 Å². The SMILES string of the molecule is CCC(N)C(OC(C)C)c1ccccc1F. The lowest BCUT2D eigenvalue weighted by molar-refractivity contribution is -0.0108. The van der Waals surface area contributed by atoms with Gasteiger partial charge in [0, 0.05) is 11.6 Å². The molecule has 0 amide bonds. The van der Waals surface area contributed by atoms with Gasteiger partial charge >= 0.3 is 0 Å². The number of hydrogen-bond acceptors (Lipinski definition) is 2. The Morgan fingerprint density at radius 2 is 1.94 bits per heavy atom. The van der Waals surface area contributed by atoms with E-state index in [4.69, 9.17) is 10.5 Å². The molecule has 2 nitrogen and oxygen atoms in total. The summed E-state index contributed by atoms with van der Waals surface area (Å²) in [4.78, 5) is 0. The fraction of sp³-hybridized carbons (Fsp3) is 0.538. The fourth-order valence-electron chi connectivity index (χ4n) is 1.62. The quantitative estimate of drug-likeness (QED) is 0.836. The average Bonchev–Trinajstić information content (AvgIpc) is 2.26. The Morgan fingerprint density at radius 1 is 1.31 bits per heavy atom. The van der Waals surface area contributed by atoms with E-state index in [1.54, 1.807) is 18.2 Å². The van der Waals surface area contributed by atoms with Crippen LogP contribution in [0.15, 0.2) is 24.3 Å². The maximum atomic E-state index is 13.7. The van der Waals surface area contributed by atoms with Crippen molar-refractivity contribution >= 4 is 0 Å². The van der Waals surface area contributed by atoms with Crippen molar-refractivity contribution in [2.75, 3.05) is 0 Å². The predicted octanol–water partition coefficient (Wildman–Crippen LogP) is 3.03. The van der Waals surface area contributed by atoms with Crippen LogP contribution in [0.2, 0.25) is 0 Å². The first-order chi connectivity index (χ1) is 7.56. The van der Waals surface area contributed by atoms with Crippen molar-refractivity contribution in [3.05, 3.63) is 35.6 Å². The molecule has 0 saturated carbocycles. The molecule has 2 N–H and O–H groups in total. The molecule has 16 heavy (non-hydrogen) atoms. The standard InChI is InChI=1S/C13H20FNO/c1-4-12(15)13(16-9(2)3)10-7-5-6-8-11(10)14/h5-9,12-13H,4,15H2,1-3H3. The number of halogens is 1. The van der Waals surface area contributed by atoms with Crippen LogP contribution in [0.1, 0.15) is 38.9 Å². The van der Waals surface area contributed by atoms with Gasteiger partial charge in [0.25, 0.3) is 0 Å². The topological polar surface area (TPSA) is 35.2 Å². The van der Waals surface area contributed by atoms with E-state index in [0.717, 1.165) is 6.42 Å². The van der Waals surface area contributed by atoms with Crippen LogP contribution in [-0.2, 0) is 4.74 Å². The Morgan fingerprint density at radius 3 is 2.44 bits per heavy atom. The molecule has 0 aliphatic rings. The van der Waals surface area contributed by atoms with Crippen LogP contribution in [0.3, 0.4) is 0 Å². The highest BCUT2D eigenvalue weighted by atomic mass is 19.1. The first-order valence-corrected chi connectivity index (χ1v) is 5.71. The Hall–Kier alpha value is -0.930. The zero-order chi connectivity index (χ0) is 12.1. The molecule has 2 unspecified atom stereocenters. The van der Waals surface area contributed by atoms with Gasteiger partial charge in [0.05, 0.1) is 6.10 Å². The van der Waals surface area contributed by atoms with Crippen LogP contribution in [0.4, 0.5) is 4.39 Å². The van der Waals surface area contributed by atoms with Crippen LogP contribution in [0.25, 0.3) is 0 Å². The van der Waals surface area contributed by atoms with Crippen molar-refractivity contribution in [2.24, 2.45) is 5.73 Å². The van der Waals surface area contributed by atoms with Crippen LogP contribution < -0.4 is 5.73 Å². The second kappa shape index (κ2) is 5.97. The van der Waals surface area contributed by atoms with Gasteiger partial charge in [-0.25, -0.2) is 4.39 Å². The molecule has 0 radical (unpaired) electrons. The molecule has 1 rings (SSSR count). The van der Waals surface area contributed by atoms with E-state index in [1.165, 1.54) is 6.07 Å². The second-order valence-corrected chi connectivity index (χ2v) is 4.20. The molecule has 2 atom stereocenters. The van der Waals surface area contributed by atoms with Gasteiger partial charge in [0.1, 0.15) is 11.9 Å². The van der Waals surface area contributed by atoms with Gasteiger partial charge in [0.15, 0.2) is 0 Å². The molecule has 90 valence electrons. The molecule has 0 heterocycles. The third kappa shape index (κ3) is 3.29. The van der Waals surface area contributed by atoms with E-state index >= 15 is 0 Å². The van der Waals surface area contributed by atoms with E-state index in [2.05, 4.69) is 0 Å². The lowest BCUT2D eigenvalue weighted by atomic mass is 10.00. The lowest BCUT2D eigenvalue weighted by Crippen LogP contribution is -2.31. The molecule has 3 heteroatoms. The van der Waals surface area contributed by atoms with Gasteiger partial charge in [-0.3, -0.25) is 0 Å². The minimum atomic E-state index is -0.369. The van der Waals surface area contributed by atoms with Crippen molar-refractivity contribution in [3.63, 3.8) is 0 Å². The highest BCUT2D eigenvalue weighted by Crippen LogP contribution is 2.25. The number of benzene rings is 1. The zero-order valence-electron chi connectivity index (χ0n) is 10.1. The molecule has 0 fully saturated rings. The number of rotatable bonds is 5. The van der Waals surface area contributed by atoms with Crippen molar-refractivity contribution in [1.82, 2.24) is 0 Å². The summed E-state index contributed by atoms with van der Waals surface area (Å²) in [5.41, 5.74) is 6.52. The van der Waals surface area contributed by atoms with E-state index in [0.29, 0.717) is 5.56 Å². The lowest BCUT2D eigenvalue weighted by Gasteiger charge is -2.26. The summed E-state index contributed by atoms with van der Waals surface area (Å²) < 4.78 is 19.4. The van der Waals surface area contributed by atoms with Gasteiger partial charge in [0.2, 0.25) is 0 Å². The molecule has 1 aromatic rings. The van der Waals surface area contributed by atoms with Crippen molar-refractivity contribution in [2.45, 2.75) is 45.4 Å². The molecule has 0 spiro atoms. The van der Waals surface area contributed by atoms with Gasteiger partial charge < -0.3 is 10.5 Å². The summed E-state index contributed by atoms with van der Waals surface area (Å²) in [5.74, 6) is -0.253. The molecule has 0 aliphatic carbocycles. The molecule has 0 aliphatic heterocycles. The van der Waals surface area contributed by atoms with Crippen LogP contribution in [0.5, 0.6) is 0 Å². The molecule has 1 aromatic carbocycles. The molecule has 0 bridgehead atoms. The highest BCUT2D eigenvalue weighted by Gasteiger charge is 2.23. The van der Waals surface area contributed by atoms with Crippen LogP contribution in [-0.4, -0.2) is 12.1 Å². The fourth-order valence-corrected chi connectivity index (χ4v) is 1.62. The summed E-state index contributed by atoms with van der Waals surface area (Å²) in [6, 6.07) is 6.46. The van der Waals surface area contributed by atoms with Crippen LogP contribution >= 0.6 is 0 Å². The highest BCUT2D eigenvalue weighted by molar-refractivity contribution is 5.21. The monoisotopic (exact) mass is 225 g/mol. The van der Waals surface area contributed by atoms with Crippen molar-refractivity contribution < 1.29 is 9.13 Å². The summed E-state index contributed by atoms with van der Waals surface area (Å²) in [5, 5.41) is 0. The number of ether oxygens (including phenoxy) is 1. The molecular weight excluding hydrogens is 205 g/mol. The van der Waals surface area contributed by atoms with E-state index in [-0.39, 0.29) is 24.1 Å². The minimum Gasteiger partial charge on any atom is -0.369 e. The normalized spacial score (nSPS) is 15.1. The maximum absolute atomic E-state index is 13.7. The largest absolute Gasteiger partial charge is 0.369 e. The Bertz CT molecular complexity index is 327. The summed E-state index contributed by atoms with van der Waals surface area (Å²) in [6.07, 6.45) is 0.416. The Kier molecular flexibility index (Phi) is 4.90. The first-order valence-electron chi connectivity index (χ1n) is 5.71. The molecular formula is C13H20FNO. The predicted molar refractivity (Wildman–Crippen MR) is 63.6 cm³/mol. The van der Waals surface area contributed by atoms with E-state index in [9.17, 15) is 4.39 Å². The van der Waals surface area contributed by atoms with Crippen molar-refractivity contribution in [3.8, 4) is 0 Å². The summed E-state index contributed by atoms with van der Waals surface area (Å²) >= 11 is 0. The maximum Gasteiger partial charge on any atom is 0.129 e. The summed E-state index contributed by atoms with van der Waals surface area (Å²) in [7, 11) is 0. The smallest absolute Gasteiger partial charge is 0.129 e. The average molecular weight is 225 g/mol. The third-order valence-electron chi connectivity index (χ3n) is 2.49. The number of hydrogen-bond donors (Lipinski definition) is 1. The van der Waals surface area contributed by atoms with Gasteiger partial charge in [-0.2, -0.15) is 0 Å². The Labute approximate surface area is 96.6 Å². The van der Waals surface area contributed by atoms with Crippen molar-refractivity contribution in [1.29, 1.82) is 0 Å². The summed E-state index contributed by atoms with van der Waals surface area (Å²) in [6.45, 7) is 5.83. The molecule has 0 aromatic heterocycles. The minimum absolute atomic E-state index is 0.0298. The van der Waals surface area contributed by atoms with Crippen LogP contribution in [0, 0.1) is 5.82 Å². The van der Waals surface area contributed by atoms with E-state index in [1.807, 2.05) is 20.8 Å².